The second-order valence-electron chi connectivity index (χ2n) is 20.6. The van der Waals surface area contributed by atoms with E-state index in [1.54, 1.807) is 16.7 Å². The summed E-state index contributed by atoms with van der Waals surface area (Å²) in [5.41, 5.74) is 18.9. The average Bonchev–Trinajstić information content (AvgIpc) is 3.09. The first-order chi connectivity index (χ1) is 26.4. The molecule has 3 heteroatoms. The fraction of sp³-hybridized carbons (Fsp3) is 0.556. The molecule has 312 valence electrons. The summed E-state index contributed by atoms with van der Waals surface area (Å²) in [6, 6.07) is 13.2. The van der Waals surface area contributed by atoms with E-state index in [4.69, 9.17) is 0 Å². The van der Waals surface area contributed by atoms with Gasteiger partial charge in [0.15, 0.2) is 0 Å². The van der Waals surface area contributed by atoms with E-state index < -0.39 is 0 Å². The number of aromatic hydroxyl groups is 3. The van der Waals surface area contributed by atoms with Crippen molar-refractivity contribution in [2.45, 2.75) is 197 Å². The van der Waals surface area contributed by atoms with Crippen LogP contribution in [0.5, 0.6) is 17.2 Å². The molecule has 3 N–H and O–H groups in total. The predicted molar refractivity (Wildman–Crippen MR) is 245 cm³/mol. The molecular weight excluding hydrogens is 697 g/mol. The zero-order valence-electron chi connectivity index (χ0n) is 38.8. The van der Waals surface area contributed by atoms with Crippen LogP contribution in [0.1, 0.15) is 184 Å². The van der Waals surface area contributed by atoms with Crippen molar-refractivity contribution in [3.8, 4) is 17.2 Å². The molecule has 0 saturated heterocycles. The lowest BCUT2D eigenvalue weighted by Gasteiger charge is -2.24. The molecule has 0 aliphatic heterocycles. The average molecular weight is 775 g/mol. The highest BCUT2D eigenvalue weighted by Gasteiger charge is 2.23. The maximum Gasteiger partial charge on any atom is 0.122 e. The van der Waals surface area contributed by atoms with Gasteiger partial charge in [-0.15, -0.1) is 0 Å². The molecule has 4 aromatic carbocycles. The Hall–Kier alpha value is -3.72. The molecule has 0 bridgehead atoms. The zero-order chi connectivity index (χ0) is 42.6. The molecule has 0 fully saturated rings. The molecule has 4 rings (SSSR count). The van der Waals surface area contributed by atoms with Gasteiger partial charge in [-0.1, -0.05) is 98.7 Å². The maximum atomic E-state index is 10.8. The standard InChI is InChI=1S/C54H78O3/c1-34-28-40(31-46(49(34)55)52(7,8)9)22-16-19-25-43-37(4)44(26-20-17-23-41-29-35(2)50(56)47(32-41)53(10,11)12)39(6)45(38(43)5)27-21-18-24-42-30-36(3)51(57)48(33-42)54(13,14)15/h28-33,55-57H,16-27H2,1-15H3. The Bertz CT molecular complexity index is 1770. The quantitative estimate of drug-likeness (QED) is 0.105. The van der Waals surface area contributed by atoms with Gasteiger partial charge >= 0.3 is 0 Å². The minimum absolute atomic E-state index is 0.0927. The largest absolute Gasteiger partial charge is 0.507 e. The summed E-state index contributed by atoms with van der Waals surface area (Å²) in [7, 11) is 0. The van der Waals surface area contributed by atoms with E-state index in [1.807, 2.05) is 20.8 Å². The second-order valence-corrected chi connectivity index (χ2v) is 20.6. The molecule has 57 heavy (non-hydrogen) atoms. The van der Waals surface area contributed by atoms with Crippen molar-refractivity contribution in [2.24, 2.45) is 0 Å². The van der Waals surface area contributed by atoms with Crippen molar-refractivity contribution in [3.63, 3.8) is 0 Å². The smallest absolute Gasteiger partial charge is 0.122 e. The normalized spacial score (nSPS) is 12.5. The molecule has 0 spiro atoms. The minimum atomic E-state index is -0.0927. The minimum Gasteiger partial charge on any atom is -0.507 e. The first-order valence-electron chi connectivity index (χ1n) is 22.0. The van der Waals surface area contributed by atoms with Crippen molar-refractivity contribution < 1.29 is 15.3 Å². The lowest BCUT2D eigenvalue weighted by Crippen LogP contribution is -2.12. The van der Waals surface area contributed by atoms with Gasteiger partial charge in [-0.05, 0) is 218 Å². The SMILES string of the molecule is Cc1cc(CCCCc2c(C)c(CCCCc3cc(C)c(O)c(C(C)(C)C)c3)c(C)c(CCCCc3cc(C)c(O)c(C(C)(C)C)c3)c2C)cc(C(C)(C)C)c1O. The molecule has 0 heterocycles. The van der Waals surface area contributed by atoms with Crippen molar-refractivity contribution in [2.75, 3.05) is 0 Å². The summed E-state index contributed by atoms with van der Waals surface area (Å²) in [6.07, 6.45) is 13.1. The lowest BCUT2D eigenvalue weighted by molar-refractivity contribution is 0.441. The summed E-state index contributed by atoms with van der Waals surface area (Å²) >= 11 is 0. The van der Waals surface area contributed by atoms with Crippen LogP contribution in [0.25, 0.3) is 0 Å². The number of benzene rings is 4. The first-order valence-corrected chi connectivity index (χ1v) is 22.0. The first kappa shape index (κ1) is 46.0. The summed E-state index contributed by atoms with van der Waals surface area (Å²) in [6.45, 7) is 32.8. The third kappa shape index (κ3) is 11.5. The second kappa shape index (κ2) is 18.5. The zero-order valence-corrected chi connectivity index (χ0v) is 38.8. The van der Waals surface area contributed by atoms with Crippen LogP contribution in [-0.4, -0.2) is 15.3 Å². The van der Waals surface area contributed by atoms with Gasteiger partial charge in [0.2, 0.25) is 0 Å². The third-order valence-electron chi connectivity index (χ3n) is 12.6. The van der Waals surface area contributed by atoms with Crippen molar-refractivity contribution in [1.29, 1.82) is 0 Å². The van der Waals surface area contributed by atoms with Crippen molar-refractivity contribution >= 4 is 0 Å². The molecule has 0 amide bonds. The van der Waals surface area contributed by atoms with E-state index in [2.05, 4.69) is 119 Å². The van der Waals surface area contributed by atoms with Crippen LogP contribution in [0.2, 0.25) is 0 Å². The molecule has 0 saturated carbocycles. The van der Waals surface area contributed by atoms with Gasteiger partial charge in [-0.3, -0.25) is 0 Å². The van der Waals surface area contributed by atoms with E-state index in [0.29, 0.717) is 17.2 Å². The van der Waals surface area contributed by atoms with Crippen LogP contribution in [0.4, 0.5) is 0 Å². The Morgan fingerprint density at radius 1 is 0.333 bits per heavy atom. The highest BCUT2D eigenvalue weighted by atomic mass is 16.3. The fourth-order valence-electron chi connectivity index (χ4n) is 9.12. The van der Waals surface area contributed by atoms with Crippen LogP contribution in [0.15, 0.2) is 36.4 Å². The Kier molecular flexibility index (Phi) is 14.9. The molecule has 0 aromatic heterocycles. The molecule has 0 radical (unpaired) electrons. The molecule has 0 atom stereocenters. The van der Waals surface area contributed by atoms with E-state index in [0.717, 1.165) is 110 Å². The Labute approximate surface area is 348 Å². The number of phenolic OH excluding ortho intramolecular Hbond substituents is 3. The molecular formula is C54H78O3. The van der Waals surface area contributed by atoms with Crippen LogP contribution >= 0.6 is 0 Å². The number of phenols is 3. The Balaban J connectivity index is 1.54. The highest BCUT2D eigenvalue weighted by molar-refractivity contribution is 5.52. The van der Waals surface area contributed by atoms with Gasteiger partial charge in [0.05, 0.1) is 0 Å². The van der Waals surface area contributed by atoms with E-state index in [-0.39, 0.29) is 16.2 Å². The number of rotatable bonds is 15. The van der Waals surface area contributed by atoms with Gasteiger partial charge in [-0.2, -0.15) is 0 Å². The summed E-state index contributed by atoms with van der Waals surface area (Å²) in [4.78, 5) is 0. The summed E-state index contributed by atoms with van der Waals surface area (Å²) in [5, 5.41) is 32.4. The molecule has 0 aliphatic rings. The van der Waals surface area contributed by atoms with E-state index >= 15 is 0 Å². The topological polar surface area (TPSA) is 60.7 Å². The lowest BCUT2D eigenvalue weighted by atomic mass is 9.82. The van der Waals surface area contributed by atoms with Gasteiger partial charge in [0.25, 0.3) is 0 Å². The van der Waals surface area contributed by atoms with Crippen LogP contribution < -0.4 is 0 Å². The molecule has 0 unspecified atom stereocenters. The maximum absolute atomic E-state index is 10.8. The molecule has 4 aromatic rings. The van der Waals surface area contributed by atoms with Crippen LogP contribution in [-0.2, 0) is 54.8 Å². The van der Waals surface area contributed by atoms with Crippen LogP contribution in [0.3, 0.4) is 0 Å². The van der Waals surface area contributed by atoms with Crippen molar-refractivity contribution in [3.05, 3.63) is 120 Å². The number of unbranched alkanes of at least 4 members (excludes halogenated alkanes) is 3. The van der Waals surface area contributed by atoms with E-state index in [9.17, 15) is 15.3 Å². The number of aryl methyl sites for hydroxylation is 6. The number of hydrogen-bond acceptors (Lipinski definition) is 3. The van der Waals surface area contributed by atoms with Crippen LogP contribution in [0, 0.1) is 41.5 Å². The number of hydrogen-bond donors (Lipinski definition) is 3. The monoisotopic (exact) mass is 775 g/mol. The van der Waals surface area contributed by atoms with Crippen molar-refractivity contribution in [1.82, 2.24) is 0 Å². The Morgan fingerprint density at radius 2 is 0.544 bits per heavy atom. The summed E-state index contributed by atoms with van der Waals surface area (Å²) < 4.78 is 0. The van der Waals surface area contributed by atoms with Gasteiger partial charge in [0, 0.05) is 0 Å². The molecule has 3 nitrogen and oxygen atoms in total. The van der Waals surface area contributed by atoms with Gasteiger partial charge in [0.1, 0.15) is 17.2 Å². The summed E-state index contributed by atoms with van der Waals surface area (Å²) in [5.74, 6) is 1.33. The third-order valence-corrected chi connectivity index (χ3v) is 12.6. The predicted octanol–water partition coefficient (Wildman–Crippen LogP) is 14.2. The Morgan fingerprint density at radius 3 is 0.754 bits per heavy atom. The fourth-order valence-corrected chi connectivity index (χ4v) is 9.12. The molecule has 0 aliphatic carbocycles. The van der Waals surface area contributed by atoms with Gasteiger partial charge in [-0.25, -0.2) is 0 Å². The van der Waals surface area contributed by atoms with E-state index in [1.165, 1.54) is 33.4 Å². The highest BCUT2D eigenvalue weighted by Crippen LogP contribution is 2.38. The van der Waals surface area contributed by atoms with Gasteiger partial charge < -0.3 is 15.3 Å².